The topological polar surface area (TPSA) is 0 Å². The van der Waals surface area contributed by atoms with E-state index in [0.717, 1.165) is 12.3 Å². The molecule has 0 saturated heterocycles. The average molecular weight is 211 g/mol. The van der Waals surface area contributed by atoms with Gasteiger partial charge < -0.3 is 0 Å². The summed E-state index contributed by atoms with van der Waals surface area (Å²) < 4.78 is 0. The Morgan fingerprint density at radius 3 is 2.13 bits per heavy atom. The van der Waals surface area contributed by atoms with Gasteiger partial charge in [0.25, 0.3) is 0 Å². The van der Waals surface area contributed by atoms with Crippen molar-refractivity contribution in [3.05, 3.63) is 6.92 Å². The fourth-order valence-corrected chi connectivity index (χ4v) is 2.49. The predicted molar refractivity (Wildman–Crippen MR) is 70.9 cm³/mol. The first kappa shape index (κ1) is 15.0. The van der Waals surface area contributed by atoms with Gasteiger partial charge in [-0.05, 0) is 24.2 Å². The third kappa shape index (κ3) is 7.88. The molecule has 0 spiro atoms. The van der Waals surface area contributed by atoms with Gasteiger partial charge in [-0.1, -0.05) is 73.1 Å². The predicted octanol–water partition coefficient (Wildman–Crippen LogP) is 5.62. The van der Waals surface area contributed by atoms with E-state index in [1.54, 1.807) is 0 Å². The maximum Gasteiger partial charge on any atom is -0.0326 e. The zero-order valence-corrected chi connectivity index (χ0v) is 11.4. The van der Waals surface area contributed by atoms with E-state index >= 15 is 0 Å². The van der Waals surface area contributed by atoms with Crippen molar-refractivity contribution < 1.29 is 0 Å². The quantitative estimate of drug-likeness (QED) is 0.434. The number of rotatable bonds is 9. The van der Waals surface area contributed by atoms with Gasteiger partial charge in [0, 0.05) is 0 Å². The maximum absolute atomic E-state index is 3.89. The Morgan fingerprint density at radius 1 is 1.07 bits per heavy atom. The van der Waals surface area contributed by atoms with E-state index < -0.39 is 0 Å². The van der Waals surface area contributed by atoms with Crippen molar-refractivity contribution in [2.75, 3.05) is 0 Å². The van der Waals surface area contributed by atoms with Crippen molar-refractivity contribution in [2.45, 2.75) is 79.1 Å². The first-order valence-corrected chi connectivity index (χ1v) is 6.83. The Labute approximate surface area is 97.8 Å². The minimum absolute atomic E-state index is 0.596. The fraction of sp³-hybridized carbons (Fsp3) is 0.933. The Balaban J connectivity index is 3.68. The molecule has 0 aliphatic heterocycles. The normalized spacial score (nSPS) is 15.6. The molecule has 1 radical (unpaired) electrons. The van der Waals surface area contributed by atoms with E-state index in [9.17, 15) is 0 Å². The summed E-state index contributed by atoms with van der Waals surface area (Å²) in [6.07, 6.45) is 10.8. The summed E-state index contributed by atoms with van der Waals surface area (Å²) in [4.78, 5) is 0. The lowest BCUT2D eigenvalue weighted by atomic mass is 9.76. The summed E-state index contributed by atoms with van der Waals surface area (Å²) in [5, 5.41) is 0. The molecule has 0 bridgehead atoms. The van der Waals surface area contributed by atoms with Crippen molar-refractivity contribution in [2.24, 2.45) is 11.3 Å². The molecule has 1 atom stereocenters. The zero-order chi connectivity index (χ0) is 11.7. The molecule has 91 valence electrons. The molecule has 0 aliphatic carbocycles. The molecule has 0 fully saturated rings. The highest BCUT2D eigenvalue weighted by Crippen LogP contribution is 2.35. The third-order valence-electron chi connectivity index (χ3n) is 3.53. The van der Waals surface area contributed by atoms with Gasteiger partial charge in [-0.25, -0.2) is 0 Å². The summed E-state index contributed by atoms with van der Waals surface area (Å²) >= 11 is 0. The van der Waals surface area contributed by atoms with E-state index in [0.29, 0.717) is 5.41 Å². The lowest BCUT2D eigenvalue weighted by Gasteiger charge is -2.30. The van der Waals surface area contributed by atoms with Crippen LogP contribution in [0.3, 0.4) is 0 Å². The summed E-state index contributed by atoms with van der Waals surface area (Å²) in [6.45, 7) is 13.4. The number of unbranched alkanes of at least 4 members (excludes halogenated alkanes) is 4. The molecule has 0 aliphatic rings. The van der Waals surface area contributed by atoms with E-state index in [1.165, 1.54) is 44.9 Å². The van der Waals surface area contributed by atoms with Crippen LogP contribution in [0, 0.1) is 18.3 Å². The molecular weight excluding hydrogens is 180 g/mol. The molecule has 0 N–H and O–H groups in total. The third-order valence-corrected chi connectivity index (χ3v) is 3.53. The number of hydrogen-bond acceptors (Lipinski definition) is 0. The Bertz CT molecular complexity index is 137. The molecule has 0 nitrogen and oxygen atoms in total. The van der Waals surface area contributed by atoms with Crippen LogP contribution in [-0.4, -0.2) is 0 Å². The lowest BCUT2D eigenvalue weighted by Crippen LogP contribution is -2.17. The molecule has 0 rings (SSSR count). The lowest BCUT2D eigenvalue weighted by molar-refractivity contribution is 0.218. The molecule has 0 aromatic rings. The van der Waals surface area contributed by atoms with Crippen molar-refractivity contribution in [3.8, 4) is 0 Å². The Morgan fingerprint density at radius 2 is 1.67 bits per heavy atom. The van der Waals surface area contributed by atoms with Crippen LogP contribution in [0.4, 0.5) is 0 Å². The van der Waals surface area contributed by atoms with Crippen LogP contribution < -0.4 is 0 Å². The van der Waals surface area contributed by atoms with Crippen LogP contribution in [0.5, 0.6) is 0 Å². The second-order valence-corrected chi connectivity index (χ2v) is 5.78. The molecule has 0 aromatic carbocycles. The van der Waals surface area contributed by atoms with Gasteiger partial charge in [-0.3, -0.25) is 0 Å². The highest BCUT2D eigenvalue weighted by molar-refractivity contribution is 4.74. The summed E-state index contributed by atoms with van der Waals surface area (Å²) in [6, 6.07) is 0. The largest absolute Gasteiger partial charge is 0.0649 e. The first-order valence-electron chi connectivity index (χ1n) is 6.83. The van der Waals surface area contributed by atoms with Gasteiger partial charge in [0.1, 0.15) is 0 Å². The van der Waals surface area contributed by atoms with Gasteiger partial charge in [0.05, 0.1) is 0 Å². The zero-order valence-electron chi connectivity index (χ0n) is 11.4. The van der Waals surface area contributed by atoms with Crippen molar-refractivity contribution in [3.63, 3.8) is 0 Å². The van der Waals surface area contributed by atoms with E-state index in [-0.39, 0.29) is 0 Å². The molecular formula is C15H31. The average Bonchev–Trinajstić information content (AvgIpc) is 2.16. The van der Waals surface area contributed by atoms with Crippen LogP contribution in [0.1, 0.15) is 79.1 Å². The van der Waals surface area contributed by atoms with E-state index in [1.807, 2.05) is 0 Å². The number of hydrogen-bond donors (Lipinski definition) is 0. The van der Waals surface area contributed by atoms with Crippen molar-refractivity contribution in [1.82, 2.24) is 0 Å². The van der Waals surface area contributed by atoms with Gasteiger partial charge in [-0.2, -0.15) is 0 Å². The van der Waals surface area contributed by atoms with Crippen LogP contribution in [0.15, 0.2) is 0 Å². The molecule has 0 heteroatoms. The van der Waals surface area contributed by atoms with Crippen LogP contribution >= 0.6 is 0 Å². The first-order chi connectivity index (χ1) is 7.04. The minimum atomic E-state index is 0.596. The monoisotopic (exact) mass is 211 g/mol. The summed E-state index contributed by atoms with van der Waals surface area (Å²) in [5.41, 5.74) is 0.596. The highest BCUT2D eigenvalue weighted by Gasteiger charge is 2.22. The van der Waals surface area contributed by atoms with Crippen LogP contribution in [-0.2, 0) is 0 Å². The standard InChI is InChI=1S/C15H31/c1-6-8-9-10-11-12-15(5,7-2)13-14(3)4/h14H,1,6-13H2,2-5H3. The second-order valence-electron chi connectivity index (χ2n) is 5.78. The van der Waals surface area contributed by atoms with Crippen LogP contribution in [0.2, 0.25) is 0 Å². The van der Waals surface area contributed by atoms with Crippen molar-refractivity contribution >= 4 is 0 Å². The Hall–Kier alpha value is 0. The van der Waals surface area contributed by atoms with E-state index in [4.69, 9.17) is 0 Å². The smallest absolute Gasteiger partial charge is 0.0326 e. The molecule has 0 aromatic heterocycles. The summed E-state index contributed by atoms with van der Waals surface area (Å²) in [5.74, 6) is 0.842. The van der Waals surface area contributed by atoms with Gasteiger partial charge in [-0.15, -0.1) is 0 Å². The van der Waals surface area contributed by atoms with Gasteiger partial charge >= 0.3 is 0 Å². The van der Waals surface area contributed by atoms with Gasteiger partial charge in [0.15, 0.2) is 0 Å². The fourth-order valence-electron chi connectivity index (χ4n) is 2.49. The van der Waals surface area contributed by atoms with E-state index in [2.05, 4.69) is 34.6 Å². The highest BCUT2D eigenvalue weighted by atomic mass is 14.3. The molecule has 0 heterocycles. The molecule has 15 heavy (non-hydrogen) atoms. The minimum Gasteiger partial charge on any atom is -0.0649 e. The van der Waals surface area contributed by atoms with Gasteiger partial charge in [0.2, 0.25) is 0 Å². The molecule has 0 amide bonds. The summed E-state index contributed by atoms with van der Waals surface area (Å²) in [7, 11) is 0. The Kier molecular flexibility index (Phi) is 8.19. The SMILES string of the molecule is [CH2]CCCCCCC(C)(CC)CC(C)C. The van der Waals surface area contributed by atoms with Crippen LogP contribution in [0.25, 0.3) is 0 Å². The van der Waals surface area contributed by atoms with Crippen molar-refractivity contribution in [1.29, 1.82) is 0 Å². The molecule has 0 saturated carbocycles. The second kappa shape index (κ2) is 8.19. The maximum atomic E-state index is 3.89. The molecule has 1 unspecified atom stereocenters.